The number of primary amides is 1. The van der Waals surface area contributed by atoms with E-state index in [0.717, 1.165) is 4.90 Å². The van der Waals surface area contributed by atoms with Gasteiger partial charge in [-0.05, 0) is 92.4 Å². The van der Waals surface area contributed by atoms with Gasteiger partial charge >= 0.3 is 12.1 Å². The summed E-state index contributed by atoms with van der Waals surface area (Å²) in [5.41, 5.74) is 6.77. The van der Waals surface area contributed by atoms with E-state index in [1.54, 1.807) is 109 Å². The van der Waals surface area contributed by atoms with E-state index in [1.807, 2.05) is 32.0 Å². The van der Waals surface area contributed by atoms with Gasteiger partial charge in [-0.15, -0.1) is 0 Å². The molecule has 2 heterocycles. The fraction of sp³-hybridized carbons (Fsp3) is 0.632. The molecule has 0 aliphatic carbocycles. The van der Waals surface area contributed by atoms with Crippen LogP contribution >= 0.6 is 0 Å². The minimum absolute atomic E-state index is 0.0841. The summed E-state index contributed by atoms with van der Waals surface area (Å²) >= 11 is 0. The summed E-state index contributed by atoms with van der Waals surface area (Å²) in [6.45, 7) is 18.6. The Kier molecular flexibility index (Phi) is 32.1. The van der Waals surface area contributed by atoms with Crippen LogP contribution in [0, 0.1) is 29.6 Å². The van der Waals surface area contributed by atoms with Crippen molar-refractivity contribution < 1.29 is 72.1 Å². The highest BCUT2D eigenvalue weighted by Gasteiger charge is 2.44. The summed E-state index contributed by atoms with van der Waals surface area (Å²) in [4.78, 5) is 152. The van der Waals surface area contributed by atoms with Gasteiger partial charge in [-0.25, -0.2) is 9.59 Å². The number of imide groups is 1. The zero-order valence-corrected chi connectivity index (χ0v) is 57.4. The number of carbonyl (C=O) groups is 11. The number of likely N-dealkylation sites (tertiary alicyclic amines) is 1. The molecule has 1 unspecified atom stereocenters. The third kappa shape index (κ3) is 22.9. The molecule has 0 spiro atoms. The van der Waals surface area contributed by atoms with Crippen molar-refractivity contribution in [2.24, 2.45) is 35.3 Å². The largest absolute Gasteiger partial charge is 0.445 e. The maximum Gasteiger partial charge on any atom is 0.410 e. The summed E-state index contributed by atoms with van der Waals surface area (Å²) in [5, 5.41) is 27.6. The number of benzene rings is 2. The zero-order chi connectivity index (χ0) is 70.1. The molecule has 0 aromatic heterocycles. The van der Waals surface area contributed by atoms with Crippen molar-refractivity contribution in [3.8, 4) is 0 Å². The number of unbranched alkanes of at least 4 members (excludes halogenated alkanes) is 2. The number of amides is 12. The third-order valence-electron chi connectivity index (χ3n) is 17.7. The first-order valence-corrected chi connectivity index (χ1v) is 32.9. The summed E-state index contributed by atoms with van der Waals surface area (Å²) in [6, 6.07) is 8.74. The number of aliphatic hydroxyl groups is 1. The number of aliphatic hydroxyl groups excluding tert-OH is 1. The van der Waals surface area contributed by atoms with Crippen LogP contribution in [0.3, 0.4) is 0 Å². The molecular formula is C68H105N11O15. The number of rotatable bonds is 38. The molecule has 2 aromatic rings. The number of carbonyl (C=O) groups excluding carboxylic acids is 11. The fourth-order valence-electron chi connectivity index (χ4n) is 12.1. The maximum atomic E-state index is 14.8. The van der Waals surface area contributed by atoms with Crippen LogP contribution in [0.1, 0.15) is 151 Å². The average molecular weight is 1320 g/mol. The standard InChI is InChI=1S/C68H105N11O15/c1-15-43(8)59(51(92-13)38-55(83)78-37-23-27-50(78)61(93-14)44(9)62(85)71-45(10)60(84)47-24-18-16-19-25-47)76(11)66(89)57(41(4)5)75-65(88)58(42(6)7)77(12)68(91)94-39-46-29-31-48(32-30-46)72-63(86)49(26-22-35-70-67(69)90)73-64(87)56(40(2)3)74-52(80)28-20-17-21-36-79-53(81)33-34-54(79)82/h16,18-19,24-25,29-34,40-45,49-51,56-61,84H,15,17,20-23,26-28,35-39H2,1-14H3,(H,71,85)(H,72,86)(H,73,87)(H,74,80)(H,75,88)(H3,69,70,90)/t43-,44+,45+,49-,50-,51+,56-,57-,58?,59-,60+,61+/m0/s1. The molecule has 0 bridgehead atoms. The van der Waals surface area contributed by atoms with Gasteiger partial charge in [0.25, 0.3) is 11.8 Å². The number of anilines is 1. The van der Waals surface area contributed by atoms with Gasteiger partial charge in [0.1, 0.15) is 30.8 Å². The topological polar surface area (TPSA) is 347 Å². The van der Waals surface area contributed by atoms with E-state index in [0.29, 0.717) is 61.9 Å². The zero-order valence-electron chi connectivity index (χ0n) is 57.4. The van der Waals surface area contributed by atoms with Crippen molar-refractivity contribution in [2.75, 3.05) is 53.3 Å². The Hall–Kier alpha value is -7.97. The highest BCUT2D eigenvalue weighted by molar-refractivity contribution is 6.12. The van der Waals surface area contributed by atoms with Crippen molar-refractivity contribution in [3.63, 3.8) is 0 Å². The van der Waals surface area contributed by atoms with Gasteiger partial charge < -0.3 is 66.8 Å². The predicted octanol–water partition coefficient (Wildman–Crippen LogP) is 5.08. The van der Waals surface area contributed by atoms with E-state index in [-0.39, 0.29) is 86.8 Å². The highest BCUT2D eigenvalue weighted by atomic mass is 16.6. The van der Waals surface area contributed by atoms with Crippen LogP contribution in [0.5, 0.6) is 0 Å². The quantitative estimate of drug-likeness (QED) is 0.0321. The highest BCUT2D eigenvalue weighted by Crippen LogP contribution is 2.31. The van der Waals surface area contributed by atoms with Gasteiger partial charge in [0.2, 0.25) is 41.4 Å². The smallest absolute Gasteiger partial charge is 0.410 e. The summed E-state index contributed by atoms with van der Waals surface area (Å²) < 4.78 is 17.7. The molecule has 0 saturated carbocycles. The molecule has 26 nitrogen and oxygen atoms in total. The second kappa shape index (κ2) is 38.4. The van der Waals surface area contributed by atoms with Crippen LogP contribution in [-0.2, 0) is 64.0 Å². The number of urea groups is 1. The number of likely N-dealkylation sites (N-methyl/N-ethyl adjacent to an activating group) is 2. The summed E-state index contributed by atoms with van der Waals surface area (Å²) in [7, 11) is 6.08. The molecule has 522 valence electrons. The number of nitrogens with one attached hydrogen (secondary N) is 6. The number of hydrogen-bond donors (Lipinski definition) is 8. The van der Waals surface area contributed by atoms with Crippen molar-refractivity contribution in [1.82, 2.24) is 46.2 Å². The monoisotopic (exact) mass is 1320 g/mol. The second-order valence-electron chi connectivity index (χ2n) is 25.8. The van der Waals surface area contributed by atoms with Gasteiger partial charge in [-0.3, -0.25) is 53.0 Å². The van der Waals surface area contributed by atoms with E-state index in [4.69, 9.17) is 19.9 Å². The first kappa shape index (κ1) is 78.5. The van der Waals surface area contributed by atoms with Crippen LogP contribution in [-0.4, -0.2) is 192 Å². The maximum absolute atomic E-state index is 14.8. The lowest BCUT2D eigenvalue weighted by molar-refractivity contribution is -0.148. The van der Waals surface area contributed by atoms with Gasteiger partial charge in [0.05, 0.1) is 48.8 Å². The first-order valence-electron chi connectivity index (χ1n) is 32.9. The lowest BCUT2D eigenvalue weighted by atomic mass is 9.89. The molecular weight excluding hydrogens is 1210 g/mol. The molecule has 94 heavy (non-hydrogen) atoms. The molecule has 26 heteroatoms. The van der Waals surface area contributed by atoms with Gasteiger partial charge in [-0.2, -0.15) is 0 Å². The van der Waals surface area contributed by atoms with Crippen molar-refractivity contribution in [3.05, 3.63) is 77.9 Å². The molecule has 2 aliphatic heterocycles. The number of nitrogens with two attached hydrogens (primary N) is 1. The Bertz CT molecular complexity index is 2880. The normalized spacial score (nSPS) is 17.4. The number of methoxy groups -OCH3 is 2. The molecule has 12 atom stereocenters. The van der Waals surface area contributed by atoms with Crippen molar-refractivity contribution in [1.29, 1.82) is 0 Å². The van der Waals surface area contributed by atoms with Gasteiger partial charge in [0, 0.05) is 72.2 Å². The number of ether oxygens (including phenoxy) is 3. The van der Waals surface area contributed by atoms with Crippen LogP contribution in [0.4, 0.5) is 15.3 Å². The van der Waals surface area contributed by atoms with E-state index in [9.17, 15) is 57.8 Å². The minimum atomic E-state index is -1.11. The SMILES string of the molecule is CC[C@H](C)[C@@H]([C@@H](CC(=O)N1CCC[C@H]1[C@H](OC)[C@@H](C)C(=O)N[C@H](C)[C@@H](O)c1ccccc1)OC)N(C)C(=O)[C@@H](NC(=O)C(C(C)C)N(C)C(=O)OCc1ccc(NC(=O)[C@H](CCCNC(N)=O)NC(=O)[C@@H](NC(=O)CCCCCN2C(=O)C=CC2=O)C(C)C)cc1)C(C)C. The van der Waals surface area contributed by atoms with Crippen LogP contribution in [0.15, 0.2) is 66.7 Å². The molecule has 9 N–H and O–H groups in total. The Morgan fingerprint density at radius 3 is 1.93 bits per heavy atom. The van der Waals surface area contributed by atoms with Crippen molar-refractivity contribution in [2.45, 2.75) is 201 Å². The first-order chi connectivity index (χ1) is 44.5. The Morgan fingerprint density at radius 1 is 0.713 bits per heavy atom. The van der Waals surface area contributed by atoms with E-state index in [1.165, 1.54) is 38.3 Å². The van der Waals surface area contributed by atoms with E-state index < -0.39 is 114 Å². The minimum Gasteiger partial charge on any atom is -0.445 e. The Balaban J connectivity index is 1.37. The average Bonchev–Trinajstić information content (AvgIpc) is 1.33. The molecule has 0 radical (unpaired) electrons. The van der Waals surface area contributed by atoms with E-state index >= 15 is 0 Å². The lowest BCUT2D eigenvalue weighted by Gasteiger charge is -2.41. The molecule has 2 aromatic carbocycles. The number of nitrogens with zero attached hydrogens (tertiary/aromatic N) is 4. The Morgan fingerprint density at radius 2 is 1.35 bits per heavy atom. The summed E-state index contributed by atoms with van der Waals surface area (Å²) in [6.07, 6.45) is 2.94. The third-order valence-corrected chi connectivity index (χ3v) is 17.7. The van der Waals surface area contributed by atoms with E-state index in [2.05, 4.69) is 31.9 Å². The van der Waals surface area contributed by atoms with Crippen LogP contribution < -0.4 is 37.6 Å². The molecule has 12 amide bonds. The van der Waals surface area contributed by atoms with Gasteiger partial charge in [0.15, 0.2) is 0 Å². The predicted molar refractivity (Wildman–Crippen MR) is 353 cm³/mol. The van der Waals surface area contributed by atoms with Crippen LogP contribution in [0.25, 0.3) is 0 Å². The molecule has 1 saturated heterocycles. The Labute approximate surface area is 554 Å². The fourth-order valence-corrected chi connectivity index (χ4v) is 12.1. The molecule has 1 fully saturated rings. The number of hydrogen-bond acceptors (Lipinski definition) is 15. The second-order valence-corrected chi connectivity index (χ2v) is 25.8. The van der Waals surface area contributed by atoms with Crippen LogP contribution in [0.2, 0.25) is 0 Å². The van der Waals surface area contributed by atoms with Gasteiger partial charge in [-0.1, -0.05) is 118 Å². The molecule has 2 aliphatic rings. The molecule has 4 rings (SSSR count). The summed E-state index contributed by atoms with van der Waals surface area (Å²) in [5.74, 6) is -6.02. The van der Waals surface area contributed by atoms with Crippen molar-refractivity contribution >= 4 is 71.0 Å². The lowest BCUT2D eigenvalue weighted by Crippen LogP contribution is -2.60.